The lowest BCUT2D eigenvalue weighted by molar-refractivity contribution is 0.133. The second-order valence-corrected chi connectivity index (χ2v) is 6.42. The fourth-order valence-corrected chi connectivity index (χ4v) is 3.74. The Labute approximate surface area is 129 Å². The maximum absolute atomic E-state index is 4.35. The minimum absolute atomic E-state index is 0.451. The zero-order valence-corrected chi connectivity index (χ0v) is 12.9. The molecule has 1 atom stereocenters. The molecule has 0 spiro atoms. The molecule has 1 saturated carbocycles. The van der Waals surface area contributed by atoms with Crippen LogP contribution in [-0.4, -0.2) is 29.0 Å². The Morgan fingerprint density at radius 2 is 1.76 bits per heavy atom. The van der Waals surface area contributed by atoms with E-state index in [2.05, 4.69) is 21.7 Å². The molecule has 3 rings (SSSR count). The number of hydrogen-bond acceptors (Lipinski definition) is 2. The van der Waals surface area contributed by atoms with Crippen LogP contribution in [0.5, 0.6) is 0 Å². The normalized spacial score (nSPS) is 22.3. The molecule has 1 aromatic heterocycles. The van der Waals surface area contributed by atoms with Crippen LogP contribution < -0.4 is 0 Å². The van der Waals surface area contributed by atoms with E-state index in [1.165, 1.54) is 64.5 Å². The summed E-state index contributed by atoms with van der Waals surface area (Å²) in [7, 11) is 0. The Morgan fingerprint density at radius 1 is 1.00 bits per heavy atom. The van der Waals surface area contributed by atoms with Crippen molar-refractivity contribution in [2.45, 2.75) is 57.4 Å². The summed E-state index contributed by atoms with van der Waals surface area (Å²) in [6, 6.07) is 6.44. The summed E-state index contributed by atoms with van der Waals surface area (Å²) < 4.78 is 0. The SMILES string of the molecule is C(#CC(C1CCCCC1)N1CCCCC1)c1ccccn1. The monoisotopic (exact) mass is 282 g/mol. The smallest absolute Gasteiger partial charge is 0.113 e. The fraction of sp³-hybridized carbons (Fsp3) is 0.632. The van der Waals surface area contributed by atoms with Crippen molar-refractivity contribution in [1.82, 2.24) is 9.88 Å². The van der Waals surface area contributed by atoms with Gasteiger partial charge in [0.1, 0.15) is 5.69 Å². The van der Waals surface area contributed by atoms with E-state index >= 15 is 0 Å². The van der Waals surface area contributed by atoms with Crippen molar-refractivity contribution >= 4 is 0 Å². The van der Waals surface area contributed by atoms with Crippen LogP contribution in [0.3, 0.4) is 0 Å². The summed E-state index contributed by atoms with van der Waals surface area (Å²) in [4.78, 5) is 7.00. The molecule has 2 heterocycles. The van der Waals surface area contributed by atoms with Crippen LogP contribution in [-0.2, 0) is 0 Å². The highest BCUT2D eigenvalue weighted by atomic mass is 15.2. The van der Waals surface area contributed by atoms with E-state index < -0.39 is 0 Å². The third-order valence-corrected chi connectivity index (χ3v) is 4.89. The molecule has 21 heavy (non-hydrogen) atoms. The summed E-state index contributed by atoms with van der Waals surface area (Å²) >= 11 is 0. The number of aromatic nitrogens is 1. The highest BCUT2D eigenvalue weighted by Crippen LogP contribution is 2.30. The van der Waals surface area contributed by atoms with Gasteiger partial charge in [-0.15, -0.1) is 0 Å². The molecule has 0 N–H and O–H groups in total. The Morgan fingerprint density at radius 3 is 2.48 bits per heavy atom. The van der Waals surface area contributed by atoms with Crippen LogP contribution in [0.15, 0.2) is 24.4 Å². The lowest BCUT2D eigenvalue weighted by Crippen LogP contribution is -2.43. The predicted octanol–water partition coefficient (Wildman–Crippen LogP) is 3.87. The molecule has 0 amide bonds. The second-order valence-electron chi connectivity index (χ2n) is 6.42. The summed E-state index contributed by atoms with van der Waals surface area (Å²) in [6.45, 7) is 2.47. The summed E-state index contributed by atoms with van der Waals surface area (Å²) in [6.07, 6.45) is 12.8. The van der Waals surface area contributed by atoms with Crippen LogP contribution in [0.1, 0.15) is 57.1 Å². The van der Waals surface area contributed by atoms with Crippen LogP contribution in [0.4, 0.5) is 0 Å². The largest absolute Gasteiger partial charge is 0.290 e. The molecule has 1 aliphatic heterocycles. The van der Waals surface area contributed by atoms with Gasteiger partial charge in [0.05, 0.1) is 6.04 Å². The molecular weight excluding hydrogens is 256 g/mol. The summed E-state index contributed by atoms with van der Waals surface area (Å²) in [5.41, 5.74) is 0.912. The van der Waals surface area contributed by atoms with Crippen LogP contribution in [0.25, 0.3) is 0 Å². The first-order valence-electron chi connectivity index (χ1n) is 8.60. The molecule has 1 saturated heterocycles. The fourth-order valence-electron chi connectivity index (χ4n) is 3.74. The minimum Gasteiger partial charge on any atom is -0.290 e. The molecule has 2 fully saturated rings. The molecule has 0 bridgehead atoms. The number of rotatable bonds is 2. The van der Waals surface area contributed by atoms with E-state index in [1.54, 1.807) is 0 Å². The van der Waals surface area contributed by atoms with Gasteiger partial charge in [-0.05, 0) is 62.7 Å². The van der Waals surface area contributed by atoms with Crippen molar-refractivity contribution in [3.63, 3.8) is 0 Å². The first kappa shape index (κ1) is 14.6. The van der Waals surface area contributed by atoms with E-state index in [-0.39, 0.29) is 0 Å². The molecule has 0 radical (unpaired) electrons. The Bertz CT molecular complexity index is 455. The number of nitrogens with zero attached hydrogens (tertiary/aromatic N) is 2. The van der Waals surface area contributed by atoms with Crippen molar-refractivity contribution in [1.29, 1.82) is 0 Å². The first-order valence-corrected chi connectivity index (χ1v) is 8.60. The summed E-state index contributed by atoms with van der Waals surface area (Å²) in [5, 5.41) is 0. The highest BCUT2D eigenvalue weighted by Gasteiger charge is 2.28. The van der Waals surface area contributed by atoms with Crippen molar-refractivity contribution in [2.75, 3.05) is 13.1 Å². The number of pyridine rings is 1. The van der Waals surface area contributed by atoms with E-state index in [1.807, 2.05) is 24.4 Å². The maximum Gasteiger partial charge on any atom is 0.113 e. The number of piperidine rings is 1. The van der Waals surface area contributed by atoms with Gasteiger partial charge in [-0.25, -0.2) is 4.98 Å². The summed E-state index contributed by atoms with van der Waals surface area (Å²) in [5.74, 6) is 7.70. The molecule has 2 nitrogen and oxygen atoms in total. The van der Waals surface area contributed by atoms with Gasteiger partial charge in [0.15, 0.2) is 0 Å². The maximum atomic E-state index is 4.35. The lowest BCUT2D eigenvalue weighted by Gasteiger charge is -2.37. The molecule has 1 aliphatic carbocycles. The average Bonchev–Trinajstić information content (AvgIpc) is 2.58. The van der Waals surface area contributed by atoms with Crippen LogP contribution >= 0.6 is 0 Å². The predicted molar refractivity (Wildman–Crippen MR) is 86.9 cm³/mol. The van der Waals surface area contributed by atoms with Gasteiger partial charge >= 0.3 is 0 Å². The van der Waals surface area contributed by atoms with Gasteiger partial charge in [-0.3, -0.25) is 4.90 Å². The number of hydrogen-bond donors (Lipinski definition) is 0. The Balaban J connectivity index is 1.76. The topological polar surface area (TPSA) is 16.1 Å². The van der Waals surface area contributed by atoms with Gasteiger partial charge in [-0.2, -0.15) is 0 Å². The van der Waals surface area contributed by atoms with Gasteiger partial charge in [0, 0.05) is 6.20 Å². The Hall–Kier alpha value is -1.33. The van der Waals surface area contributed by atoms with E-state index in [4.69, 9.17) is 0 Å². The van der Waals surface area contributed by atoms with Crippen molar-refractivity contribution in [2.24, 2.45) is 5.92 Å². The molecular formula is C19H26N2. The van der Waals surface area contributed by atoms with Gasteiger partial charge in [0.2, 0.25) is 0 Å². The quantitative estimate of drug-likeness (QED) is 0.766. The van der Waals surface area contributed by atoms with E-state index in [0.717, 1.165) is 11.6 Å². The highest BCUT2D eigenvalue weighted by molar-refractivity contribution is 5.29. The molecule has 0 aromatic carbocycles. The van der Waals surface area contributed by atoms with Gasteiger partial charge in [0.25, 0.3) is 0 Å². The van der Waals surface area contributed by atoms with Crippen molar-refractivity contribution < 1.29 is 0 Å². The molecule has 1 unspecified atom stereocenters. The molecule has 112 valence electrons. The molecule has 2 aliphatic rings. The molecule has 1 aromatic rings. The van der Waals surface area contributed by atoms with Crippen LogP contribution in [0.2, 0.25) is 0 Å². The standard InChI is InChI=1S/C19H26N2/c1-3-9-17(10-4-1)19(21-15-7-2-8-16-21)13-12-18-11-5-6-14-20-18/h5-6,11,14,17,19H,1-4,7-10,15-16H2. The van der Waals surface area contributed by atoms with Crippen LogP contribution in [0, 0.1) is 17.8 Å². The third-order valence-electron chi connectivity index (χ3n) is 4.89. The third kappa shape index (κ3) is 4.08. The average molecular weight is 282 g/mol. The lowest BCUT2D eigenvalue weighted by atomic mass is 9.83. The first-order chi connectivity index (χ1) is 10.4. The zero-order chi connectivity index (χ0) is 14.3. The van der Waals surface area contributed by atoms with Crippen molar-refractivity contribution in [3.8, 4) is 11.8 Å². The molecule has 2 heteroatoms. The minimum atomic E-state index is 0.451. The van der Waals surface area contributed by atoms with Gasteiger partial charge in [-0.1, -0.05) is 37.7 Å². The van der Waals surface area contributed by atoms with Gasteiger partial charge < -0.3 is 0 Å². The zero-order valence-electron chi connectivity index (χ0n) is 12.9. The van der Waals surface area contributed by atoms with E-state index in [9.17, 15) is 0 Å². The van der Waals surface area contributed by atoms with Crippen molar-refractivity contribution in [3.05, 3.63) is 30.1 Å². The number of likely N-dealkylation sites (tertiary alicyclic amines) is 1. The Kier molecular flexibility index (Phi) is 5.29. The van der Waals surface area contributed by atoms with E-state index in [0.29, 0.717) is 6.04 Å². The second kappa shape index (κ2) is 7.61.